The molecule has 1 saturated heterocycles. The summed E-state index contributed by atoms with van der Waals surface area (Å²) in [5.41, 5.74) is 1.06. The Labute approximate surface area is 119 Å². The van der Waals surface area contributed by atoms with Crippen molar-refractivity contribution in [1.29, 1.82) is 0 Å². The van der Waals surface area contributed by atoms with Gasteiger partial charge < -0.3 is 5.11 Å². The van der Waals surface area contributed by atoms with Gasteiger partial charge in [-0.05, 0) is 24.8 Å². The van der Waals surface area contributed by atoms with Gasteiger partial charge in [0, 0.05) is 25.8 Å². The maximum absolute atomic E-state index is 11.1. The number of carboxylic acids is 1. The maximum Gasteiger partial charge on any atom is 0.308 e. The van der Waals surface area contributed by atoms with Crippen LogP contribution in [-0.4, -0.2) is 38.8 Å². The molecule has 1 aromatic rings. The summed E-state index contributed by atoms with van der Waals surface area (Å²) in [5.74, 6) is -0.673. The van der Waals surface area contributed by atoms with Crippen molar-refractivity contribution in [2.24, 2.45) is 11.8 Å². The number of aliphatic carboxylic acids is 1. The minimum atomic E-state index is -0.670. The van der Waals surface area contributed by atoms with Crippen LogP contribution in [0.4, 0.5) is 0 Å². The lowest BCUT2D eigenvalue weighted by Crippen LogP contribution is -2.23. The summed E-state index contributed by atoms with van der Waals surface area (Å²) >= 11 is 0. The quantitative estimate of drug-likeness (QED) is 0.916. The average molecular weight is 277 g/mol. The van der Waals surface area contributed by atoms with E-state index in [-0.39, 0.29) is 11.8 Å². The van der Waals surface area contributed by atoms with E-state index in [0.29, 0.717) is 12.6 Å². The first-order valence-corrected chi connectivity index (χ1v) is 7.62. The lowest BCUT2D eigenvalue weighted by Gasteiger charge is -2.13. The van der Waals surface area contributed by atoms with Crippen molar-refractivity contribution in [2.45, 2.75) is 45.2 Å². The van der Waals surface area contributed by atoms with Crippen LogP contribution in [0.1, 0.15) is 44.3 Å². The summed E-state index contributed by atoms with van der Waals surface area (Å²) in [4.78, 5) is 13.4. The van der Waals surface area contributed by atoms with Crippen molar-refractivity contribution in [1.82, 2.24) is 14.7 Å². The van der Waals surface area contributed by atoms with Gasteiger partial charge in [-0.1, -0.05) is 19.8 Å². The normalized spacial score (nSPS) is 28.2. The highest BCUT2D eigenvalue weighted by Crippen LogP contribution is 2.29. The Morgan fingerprint density at radius 2 is 2.15 bits per heavy atom. The van der Waals surface area contributed by atoms with Gasteiger partial charge in [-0.3, -0.25) is 14.4 Å². The van der Waals surface area contributed by atoms with E-state index in [2.05, 4.69) is 26.9 Å². The lowest BCUT2D eigenvalue weighted by atomic mass is 9.99. The Hall–Kier alpha value is -1.36. The minimum absolute atomic E-state index is 0.226. The van der Waals surface area contributed by atoms with Crippen LogP contribution in [0.15, 0.2) is 12.3 Å². The van der Waals surface area contributed by atoms with Crippen molar-refractivity contribution in [3.63, 3.8) is 0 Å². The van der Waals surface area contributed by atoms with Crippen molar-refractivity contribution >= 4 is 5.97 Å². The summed E-state index contributed by atoms with van der Waals surface area (Å²) in [6.45, 7) is 4.30. The zero-order chi connectivity index (χ0) is 14.1. The Morgan fingerprint density at radius 3 is 2.80 bits per heavy atom. The standard InChI is InChI=1S/C15H23N3O2/c1-11-8-17(10-14(11)15(19)20)9-12-6-7-18(16-12)13-4-2-3-5-13/h6-7,11,13-14H,2-5,8-10H2,1H3,(H,19,20). The smallest absolute Gasteiger partial charge is 0.308 e. The van der Waals surface area contributed by atoms with Gasteiger partial charge in [0.15, 0.2) is 0 Å². The topological polar surface area (TPSA) is 58.4 Å². The van der Waals surface area contributed by atoms with E-state index in [4.69, 9.17) is 5.11 Å². The Bertz CT molecular complexity index is 479. The minimum Gasteiger partial charge on any atom is -0.481 e. The first-order chi connectivity index (χ1) is 9.63. The van der Waals surface area contributed by atoms with Gasteiger partial charge in [-0.15, -0.1) is 0 Å². The van der Waals surface area contributed by atoms with Crippen LogP contribution in [-0.2, 0) is 11.3 Å². The molecular formula is C15H23N3O2. The van der Waals surface area contributed by atoms with Gasteiger partial charge in [-0.25, -0.2) is 0 Å². The molecule has 5 heteroatoms. The summed E-state index contributed by atoms with van der Waals surface area (Å²) in [5, 5.41) is 13.8. The second kappa shape index (κ2) is 5.56. The number of carboxylic acid groups (broad SMARTS) is 1. The van der Waals surface area contributed by atoms with Gasteiger partial charge in [-0.2, -0.15) is 5.10 Å². The third-order valence-electron chi connectivity index (χ3n) is 4.75. The molecule has 1 aromatic heterocycles. The van der Waals surface area contributed by atoms with Crippen LogP contribution in [0.5, 0.6) is 0 Å². The molecule has 2 fully saturated rings. The van der Waals surface area contributed by atoms with Gasteiger partial charge in [0.05, 0.1) is 17.7 Å². The molecule has 2 aliphatic rings. The van der Waals surface area contributed by atoms with Crippen LogP contribution in [0.25, 0.3) is 0 Å². The van der Waals surface area contributed by atoms with Crippen molar-refractivity contribution in [3.05, 3.63) is 18.0 Å². The van der Waals surface area contributed by atoms with Gasteiger partial charge >= 0.3 is 5.97 Å². The average Bonchev–Trinajstić information content (AvgIpc) is 3.09. The van der Waals surface area contributed by atoms with Crippen LogP contribution in [0, 0.1) is 11.8 Å². The van der Waals surface area contributed by atoms with Gasteiger partial charge in [0.25, 0.3) is 0 Å². The monoisotopic (exact) mass is 277 g/mol. The number of hydrogen-bond acceptors (Lipinski definition) is 3. The molecule has 110 valence electrons. The van der Waals surface area contributed by atoms with E-state index >= 15 is 0 Å². The predicted octanol–water partition coefficient (Wildman–Crippen LogP) is 2.15. The maximum atomic E-state index is 11.1. The molecule has 2 heterocycles. The summed E-state index contributed by atoms with van der Waals surface area (Å²) in [7, 11) is 0. The molecule has 1 aliphatic carbocycles. The molecule has 1 aliphatic heterocycles. The Balaban J connectivity index is 1.60. The molecule has 1 N–H and O–H groups in total. The van der Waals surface area contributed by atoms with E-state index in [1.807, 2.05) is 6.92 Å². The van der Waals surface area contributed by atoms with Crippen LogP contribution >= 0.6 is 0 Å². The van der Waals surface area contributed by atoms with Crippen molar-refractivity contribution in [2.75, 3.05) is 13.1 Å². The first kappa shape index (κ1) is 13.6. The zero-order valence-electron chi connectivity index (χ0n) is 12.0. The summed E-state index contributed by atoms with van der Waals surface area (Å²) in [6.07, 6.45) is 7.18. The first-order valence-electron chi connectivity index (χ1n) is 7.62. The number of likely N-dealkylation sites (tertiary alicyclic amines) is 1. The fraction of sp³-hybridized carbons (Fsp3) is 0.733. The molecule has 5 nitrogen and oxygen atoms in total. The highest BCUT2D eigenvalue weighted by Gasteiger charge is 2.34. The van der Waals surface area contributed by atoms with E-state index in [1.165, 1.54) is 25.7 Å². The van der Waals surface area contributed by atoms with Crippen LogP contribution in [0.3, 0.4) is 0 Å². The molecule has 0 aromatic carbocycles. The zero-order valence-corrected chi connectivity index (χ0v) is 12.0. The van der Waals surface area contributed by atoms with E-state index < -0.39 is 5.97 Å². The third-order valence-corrected chi connectivity index (χ3v) is 4.75. The second-order valence-corrected chi connectivity index (χ2v) is 6.34. The number of hydrogen-bond donors (Lipinski definition) is 1. The lowest BCUT2D eigenvalue weighted by molar-refractivity contribution is -0.142. The second-order valence-electron chi connectivity index (χ2n) is 6.34. The Kier molecular flexibility index (Phi) is 3.78. The van der Waals surface area contributed by atoms with Crippen LogP contribution < -0.4 is 0 Å². The third kappa shape index (κ3) is 2.73. The number of nitrogens with zero attached hydrogens (tertiary/aromatic N) is 3. The molecule has 0 amide bonds. The highest BCUT2D eigenvalue weighted by atomic mass is 16.4. The molecule has 0 spiro atoms. The predicted molar refractivity (Wildman–Crippen MR) is 75.3 cm³/mol. The number of rotatable bonds is 4. The molecular weight excluding hydrogens is 254 g/mol. The largest absolute Gasteiger partial charge is 0.481 e. The number of aromatic nitrogens is 2. The molecule has 0 bridgehead atoms. The number of carbonyl (C=O) groups is 1. The van der Waals surface area contributed by atoms with Crippen molar-refractivity contribution in [3.8, 4) is 0 Å². The summed E-state index contributed by atoms with van der Waals surface area (Å²) in [6, 6.07) is 2.66. The SMILES string of the molecule is CC1CN(Cc2ccn(C3CCCC3)n2)CC1C(=O)O. The van der Waals surface area contributed by atoms with Crippen LogP contribution in [0.2, 0.25) is 0 Å². The molecule has 2 atom stereocenters. The fourth-order valence-corrected chi connectivity index (χ4v) is 3.58. The Morgan fingerprint density at radius 1 is 1.40 bits per heavy atom. The summed E-state index contributed by atoms with van der Waals surface area (Å²) < 4.78 is 2.11. The molecule has 20 heavy (non-hydrogen) atoms. The van der Waals surface area contributed by atoms with E-state index in [0.717, 1.165) is 18.8 Å². The highest BCUT2D eigenvalue weighted by molar-refractivity contribution is 5.71. The van der Waals surface area contributed by atoms with E-state index in [1.54, 1.807) is 0 Å². The van der Waals surface area contributed by atoms with Gasteiger partial charge in [0.2, 0.25) is 0 Å². The molecule has 2 unspecified atom stereocenters. The molecule has 3 rings (SSSR count). The van der Waals surface area contributed by atoms with Gasteiger partial charge in [0.1, 0.15) is 0 Å². The van der Waals surface area contributed by atoms with E-state index in [9.17, 15) is 4.79 Å². The molecule has 1 saturated carbocycles. The fourth-order valence-electron chi connectivity index (χ4n) is 3.58. The molecule has 0 radical (unpaired) electrons. The van der Waals surface area contributed by atoms with Crippen molar-refractivity contribution < 1.29 is 9.90 Å².